The molecule has 9 atom stereocenters. The number of rotatable bonds is 27. The Morgan fingerprint density at radius 2 is 1.18 bits per heavy atom. The molecule has 0 saturated carbocycles. The van der Waals surface area contributed by atoms with Crippen molar-refractivity contribution in [2.24, 2.45) is 5.92 Å². The van der Waals surface area contributed by atoms with Crippen LogP contribution in [0, 0.1) is 5.92 Å². The Morgan fingerprint density at radius 1 is 0.600 bits per heavy atom. The number of ether oxygens (including phenoxy) is 10. The fraction of sp³-hybridized carbons (Fsp3) is 0.543. The number of allylic oxidation sites excluding steroid dienone is 1. The maximum atomic E-state index is 6.96. The molecule has 0 unspecified atom stereocenters. The van der Waals surface area contributed by atoms with Crippen LogP contribution in [0.25, 0.3) is 0 Å². The molecule has 2 aliphatic heterocycles. The lowest BCUT2D eigenvalue weighted by Gasteiger charge is -2.48. The molecule has 0 bridgehead atoms. The zero-order valence-electron chi connectivity index (χ0n) is 26.5. The van der Waals surface area contributed by atoms with Crippen molar-refractivity contribution >= 4 is 0 Å². The van der Waals surface area contributed by atoms with Crippen molar-refractivity contribution in [2.75, 3.05) is 46.2 Å². The Balaban J connectivity index is 2.64. The first-order chi connectivity index (χ1) is 22.0. The topological polar surface area (TPSA) is 92.3 Å². The SMILES string of the molecule is C=CCC[C@@]1(O[C@H]2O[C@H](CCOC=C)[C@@H](COC=C)[C@H](OCC=C)[C@H]2OCC=C)O[C@H](COC=C)[C@@H](OCC=C)[C@@H]1OCC=C. The summed E-state index contributed by atoms with van der Waals surface area (Å²) < 4.78 is 62.3. The Morgan fingerprint density at radius 3 is 1.78 bits per heavy atom. The van der Waals surface area contributed by atoms with Crippen molar-refractivity contribution in [1.82, 2.24) is 0 Å². The third-order valence-corrected chi connectivity index (χ3v) is 7.30. The van der Waals surface area contributed by atoms with Gasteiger partial charge in [0.15, 0.2) is 6.29 Å². The van der Waals surface area contributed by atoms with Crippen molar-refractivity contribution < 1.29 is 47.4 Å². The van der Waals surface area contributed by atoms with Gasteiger partial charge in [-0.1, -0.05) is 50.1 Å². The van der Waals surface area contributed by atoms with Crippen LogP contribution >= 0.6 is 0 Å². The van der Waals surface area contributed by atoms with Crippen LogP contribution in [0.5, 0.6) is 0 Å². The van der Waals surface area contributed by atoms with Crippen LogP contribution in [0.3, 0.4) is 0 Å². The van der Waals surface area contributed by atoms with Crippen molar-refractivity contribution in [1.29, 1.82) is 0 Å². The average molecular weight is 633 g/mol. The number of hydrogen-bond donors (Lipinski definition) is 0. The number of hydrogen-bond acceptors (Lipinski definition) is 10. The zero-order valence-corrected chi connectivity index (χ0v) is 26.5. The molecule has 2 heterocycles. The first-order valence-electron chi connectivity index (χ1n) is 15.2. The standard InChI is InChI=1S/C35H52O10/c1-9-17-19-35(33(42-23-13-5)31(40-21-11-3)29(44-35)26-38-16-8)45-34-32(41-22-12-4)30(39-20-10-2)27(25-37-15-7)28(43-34)18-24-36-14-6/h9-16,27-34H,1-8,17-26H2/t27-,28-,29-,30+,31-,32-,33+,34-,35+/m1/s1. The summed E-state index contributed by atoms with van der Waals surface area (Å²) in [4.78, 5) is 0. The van der Waals surface area contributed by atoms with Crippen LogP contribution in [0.2, 0.25) is 0 Å². The Kier molecular flexibility index (Phi) is 18.4. The molecule has 0 amide bonds. The first kappa shape index (κ1) is 38.2. The third kappa shape index (κ3) is 11.1. The van der Waals surface area contributed by atoms with Gasteiger partial charge >= 0.3 is 0 Å². The summed E-state index contributed by atoms with van der Waals surface area (Å²) >= 11 is 0. The maximum absolute atomic E-state index is 6.96. The Bertz CT molecular complexity index is 937. The fourth-order valence-corrected chi connectivity index (χ4v) is 5.49. The van der Waals surface area contributed by atoms with E-state index in [1.807, 2.05) is 0 Å². The molecule has 2 rings (SSSR count). The van der Waals surface area contributed by atoms with Crippen LogP contribution in [0.15, 0.2) is 102 Å². The van der Waals surface area contributed by atoms with Gasteiger partial charge in [-0.25, -0.2) is 0 Å². The molecule has 10 nitrogen and oxygen atoms in total. The summed E-state index contributed by atoms with van der Waals surface area (Å²) in [5.74, 6) is -1.67. The molecule has 0 aromatic heterocycles. The van der Waals surface area contributed by atoms with E-state index in [0.29, 0.717) is 25.9 Å². The van der Waals surface area contributed by atoms with E-state index >= 15 is 0 Å². The summed E-state index contributed by atoms with van der Waals surface area (Å²) in [5, 5.41) is 0. The fourth-order valence-electron chi connectivity index (χ4n) is 5.49. The molecular weight excluding hydrogens is 580 g/mol. The largest absolute Gasteiger partial charge is 0.502 e. The van der Waals surface area contributed by atoms with E-state index < -0.39 is 48.7 Å². The minimum Gasteiger partial charge on any atom is -0.502 e. The van der Waals surface area contributed by atoms with Gasteiger partial charge in [-0.15, -0.1) is 32.9 Å². The summed E-state index contributed by atoms with van der Waals surface area (Å²) in [6.07, 6.45) is 9.30. The monoisotopic (exact) mass is 632 g/mol. The predicted octanol–water partition coefficient (Wildman–Crippen LogP) is 5.56. The molecule has 10 heteroatoms. The van der Waals surface area contributed by atoms with E-state index in [0.717, 1.165) is 0 Å². The van der Waals surface area contributed by atoms with E-state index in [1.165, 1.54) is 18.8 Å². The molecule has 0 spiro atoms. The quantitative estimate of drug-likeness (QED) is 0.0651. The average Bonchev–Trinajstić information content (AvgIpc) is 3.33. The molecule has 0 radical (unpaired) electrons. The van der Waals surface area contributed by atoms with Crippen molar-refractivity contribution in [3.63, 3.8) is 0 Å². The van der Waals surface area contributed by atoms with Gasteiger partial charge in [0.05, 0.1) is 70.6 Å². The molecular formula is C35H52O10. The molecule has 0 aliphatic carbocycles. The van der Waals surface area contributed by atoms with Crippen molar-refractivity contribution in [2.45, 2.75) is 68.0 Å². The first-order valence-corrected chi connectivity index (χ1v) is 15.2. The van der Waals surface area contributed by atoms with E-state index in [2.05, 4.69) is 52.6 Å². The second-order valence-electron chi connectivity index (χ2n) is 10.2. The van der Waals surface area contributed by atoms with Gasteiger partial charge in [0.2, 0.25) is 5.79 Å². The summed E-state index contributed by atoms with van der Waals surface area (Å²) in [7, 11) is 0. The smallest absolute Gasteiger partial charge is 0.201 e. The highest BCUT2D eigenvalue weighted by molar-refractivity contribution is 5.03. The second-order valence-corrected chi connectivity index (χ2v) is 10.2. The second kappa shape index (κ2) is 21.7. The molecule has 2 aliphatic rings. The lowest BCUT2D eigenvalue weighted by atomic mass is 9.87. The molecule has 0 aromatic carbocycles. The molecule has 252 valence electrons. The van der Waals surface area contributed by atoms with Crippen molar-refractivity contribution in [3.8, 4) is 0 Å². The predicted molar refractivity (Wildman–Crippen MR) is 173 cm³/mol. The van der Waals surface area contributed by atoms with Crippen LogP contribution in [0.4, 0.5) is 0 Å². The highest BCUT2D eigenvalue weighted by atomic mass is 16.8. The van der Waals surface area contributed by atoms with Gasteiger partial charge in [-0.05, 0) is 6.42 Å². The minimum absolute atomic E-state index is 0.147. The highest BCUT2D eigenvalue weighted by Gasteiger charge is 2.60. The Labute approximate surface area is 269 Å². The van der Waals surface area contributed by atoms with Crippen LogP contribution in [-0.2, 0) is 47.4 Å². The van der Waals surface area contributed by atoms with Gasteiger partial charge in [0.1, 0.15) is 31.0 Å². The Hall–Kier alpha value is -2.96. The lowest BCUT2D eigenvalue weighted by molar-refractivity contribution is -0.382. The molecule has 0 aromatic rings. The highest BCUT2D eigenvalue weighted by Crippen LogP contribution is 2.44. The van der Waals surface area contributed by atoms with Crippen LogP contribution < -0.4 is 0 Å². The molecule has 2 fully saturated rings. The van der Waals surface area contributed by atoms with Crippen LogP contribution in [-0.4, -0.2) is 94.9 Å². The molecule has 0 N–H and O–H groups in total. The van der Waals surface area contributed by atoms with E-state index in [4.69, 9.17) is 47.4 Å². The molecule has 2 saturated heterocycles. The molecule has 45 heavy (non-hydrogen) atoms. The summed E-state index contributed by atoms with van der Waals surface area (Å²) in [6.45, 7) is 31.9. The van der Waals surface area contributed by atoms with Crippen molar-refractivity contribution in [3.05, 3.63) is 102 Å². The minimum atomic E-state index is -1.38. The summed E-state index contributed by atoms with van der Waals surface area (Å²) in [5.41, 5.74) is 0. The van der Waals surface area contributed by atoms with Gasteiger partial charge in [0.25, 0.3) is 0 Å². The van der Waals surface area contributed by atoms with E-state index in [-0.39, 0.29) is 45.6 Å². The maximum Gasteiger partial charge on any atom is 0.201 e. The van der Waals surface area contributed by atoms with Gasteiger partial charge < -0.3 is 47.4 Å². The summed E-state index contributed by atoms with van der Waals surface area (Å²) in [6, 6.07) is 0. The third-order valence-electron chi connectivity index (χ3n) is 7.30. The lowest BCUT2D eigenvalue weighted by Crippen LogP contribution is -2.62. The zero-order chi connectivity index (χ0) is 32.9. The van der Waals surface area contributed by atoms with Crippen LogP contribution in [0.1, 0.15) is 19.3 Å². The van der Waals surface area contributed by atoms with Gasteiger partial charge in [-0.3, -0.25) is 0 Å². The van der Waals surface area contributed by atoms with E-state index in [9.17, 15) is 0 Å². The normalized spacial score (nSPS) is 30.8. The van der Waals surface area contributed by atoms with Gasteiger partial charge in [-0.2, -0.15) is 0 Å². The van der Waals surface area contributed by atoms with E-state index in [1.54, 1.807) is 30.4 Å². The van der Waals surface area contributed by atoms with Gasteiger partial charge in [0, 0.05) is 18.8 Å².